The Hall–Kier alpha value is -2.39. The first-order valence-electron chi connectivity index (χ1n) is 7.89. The first kappa shape index (κ1) is 15.5. The summed E-state index contributed by atoms with van der Waals surface area (Å²) in [6.45, 7) is 5.46. The number of fused-ring (bicyclic) bond motifs is 1. The largest absolute Gasteiger partial charge is 0.358 e. The number of aryl methyl sites for hydroxylation is 2. The van der Waals surface area contributed by atoms with Crippen molar-refractivity contribution < 1.29 is 0 Å². The van der Waals surface area contributed by atoms with Gasteiger partial charge in [0.25, 0.3) is 0 Å². The number of benzene rings is 2. The fraction of sp³-hybridized carbons (Fsp3) is 0.250. The van der Waals surface area contributed by atoms with Crippen molar-refractivity contribution in [2.75, 3.05) is 7.05 Å². The minimum atomic E-state index is 0.139. The number of nitrogens with zero attached hydrogens (tertiary/aromatic N) is 1. The molecule has 23 heavy (non-hydrogen) atoms. The predicted octanol–water partition coefficient (Wildman–Crippen LogP) is 3.78. The first-order chi connectivity index (χ1) is 11.0. The molecule has 0 saturated carbocycles. The second-order valence-electron chi connectivity index (χ2n) is 6.26. The minimum Gasteiger partial charge on any atom is -0.358 e. The highest BCUT2D eigenvalue weighted by molar-refractivity contribution is 5.80. The van der Waals surface area contributed by atoms with Crippen molar-refractivity contribution >= 4 is 10.9 Å². The maximum Gasteiger partial charge on any atom is 0.194 e. The Bertz CT molecular complexity index is 881. The van der Waals surface area contributed by atoms with Gasteiger partial charge in [-0.15, -0.1) is 0 Å². The van der Waals surface area contributed by atoms with E-state index in [9.17, 15) is 4.79 Å². The van der Waals surface area contributed by atoms with Crippen LogP contribution in [0.3, 0.4) is 0 Å². The van der Waals surface area contributed by atoms with Gasteiger partial charge >= 0.3 is 0 Å². The number of rotatable bonds is 4. The van der Waals surface area contributed by atoms with Crippen LogP contribution < -0.4 is 5.43 Å². The topological polar surface area (TPSA) is 36.1 Å². The van der Waals surface area contributed by atoms with Crippen LogP contribution in [0.5, 0.6) is 0 Å². The number of pyridine rings is 1. The molecular weight excluding hydrogens is 284 g/mol. The summed E-state index contributed by atoms with van der Waals surface area (Å²) in [7, 11) is 2.05. The molecule has 0 fully saturated rings. The number of aromatic amines is 1. The van der Waals surface area contributed by atoms with Gasteiger partial charge in [0.15, 0.2) is 5.43 Å². The van der Waals surface area contributed by atoms with Gasteiger partial charge in [0.2, 0.25) is 0 Å². The lowest BCUT2D eigenvalue weighted by Gasteiger charge is -2.18. The zero-order valence-electron chi connectivity index (χ0n) is 13.9. The van der Waals surface area contributed by atoms with Crippen LogP contribution in [0.2, 0.25) is 0 Å². The van der Waals surface area contributed by atoms with E-state index in [4.69, 9.17) is 0 Å². The average molecular weight is 306 g/mol. The summed E-state index contributed by atoms with van der Waals surface area (Å²) in [4.78, 5) is 18.4. The monoisotopic (exact) mass is 306 g/mol. The summed E-state index contributed by atoms with van der Waals surface area (Å²) < 4.78 is 0. The predicted molar refractivity (Wildman–Crippen MR) is 95.7 cm³/mol. The van der Waals surface area contributed by atoms with E-state index in [0.717, 1.165) is 34.3 Å². The Labute approximate surface area is 136 Å². The first-order valence-corrected chi connectivity index (χ1v) is 7.89. The molecule has 0 unspecified atom stereocenters. The smallest absolute Gasteiger partial charge is 0.194 e. The number of hydrogen-bond donors (Lipinski definition) is 1. The van der Waals surface area contributed by atoms with Crippen molar-refractivity contribution in [3.8, 4) is 0 Å². The van der Waals surface area contributed by atoms with Gasteiger partial charge in [0, 0.05) is 35.2 Å². The van der Waals surface area contributed by atoms with Crippen molar-refractivity contribution in [3.63, 3.8) is 0 Å². The molecule has 1 aromatic heterocycles. The summed E-state index contributed by atoms with van der Waals surface area (Å²) in [6.07, 6.45) is 0. The van der Waals surface area contributed by atoms with Gasteiger partial charge in [-0.1, -0.05) is 42.0 Å². The molecule has 2 aromatic carbocycles. The summed E-state index contributed by atoms with van der Waals surface area (Å²) in [5.41, 5.74) is 5.20. The molecule has 3 nitrogen and oxygen atoms in total. The number of nitrogens with one attached hydrogen (secondary N) is 1. The van der Waals surface area contributed by atoms with Crippen molar-refractivity contribution in [3.05, 3.63) is 81.1 Å². The van der Waals surface area contributed by atoms with Crippen LogP contribution >= 0.6 is 0 Å². The number of H-pyrrole nitrogens is 1. The highest BCUT2D eigenvalue weighted by atomic mass is 16.1. The standard InChI is InChI=1S/C20H22N2O/c1-14-9-10-19-17(11-14)20(23)18(15(2)21-19)13-22(3)12-16-7-5-4-6-8-16/h4-11H,12-13H2,1-3H3,(H,21,23). The lowest BCUT2D eigenvalue weighted by atomic mass is 10.1. The summed E-state index contributed by atoms with van der Waals surface area (Å²) >= 11 is 0. The van der Waals surface area contributed by atoms with Crippen molar-refractivity contribution in [1.29, 1.82) is 0 Å². The molecule has 118 valence electrons. The van der Waals surface area contributed by atoms with Crippen molar-refractivity contribution in [1.82, 2.24) is 9.88 Å². The molecule has 1 heterocycles. The lowest BCUT2D eigenvalue weighted by Crippen LogP contribution is -2.24. The maximum atomic E-state index is 12.8. The van der Waals surface area contributed by atoms with Crippen molar-refractivity contribution in [2.45, 2.75) is 26.9 Å². The third kappa shape index (κ3) is 3.35. The van der Waals surface area contributed by atoms with Gasteiger partial charge in [-0.2, -0.15) is 0 Å². The molecule has 0 aliphatic carbocycles. The third-order valence-electron chi connectivity index (χ3n) is 4.19. The van der Waals surface area contributed by atoms with Gasteiger partial charge in [0.1, 0.15) is 0 Å². The number of aromatic nitrogens is 1. The van der Waals surface area contributed by atoms with Gasteiger partial charge in [-0.05, 0) is 38.6 Å². The molecular formula is C20H22N2O. The van der Waals surface area contributed by atoms with Crippen LogP contribution in [0.15, 0.2) is 53.3 Å². The second kappa shape index (κ2) is 6.39. The van der Waals surface area contributed by atoms with Gasteiger partial charge in [-0.3, -0.25) is 9.69 Å². The molecule has 0 radical (unpaired) electrons. The van der Waals surface area contributed by atoms with Crippen LogP contribution in [0.25, 0.3) is 10.9 Å². The van der Waals surface area contributed by atoms with Gasteiger partial charge in [0.05, 0.1) is 0 Å². The Kier molecular flexibility index (Phi) is 4.30. The molecule has 0 aliphatic heterocycles. The number of hydrogen-bond acceptors (Lipinski definition) is 2. The average Bonchev–Trinajstić information content (AvgIpc) is 2.53. The zero-order chi connectivity index (χ0) is 16.4. The Morgan fingerprint density at radius 1 is 1.00 bits per heavy atom. The molecule has 1 N–H and O–H groups in total. The summed E-state index contributed by atoms with van der Waals surface area (Å²) in [6, 6.07) is 16.3. The summed E-state index contributed by atoms with van der Waals surface area (Å²) in [5, 5.41) is 0.777. The molecule has 3 heteroatoms. The molecule has 0 aliphatic rings. The van der Waals surface area contributed by atoms with E-state index in [-0.39, 0.29) is 5.43 Å². The maximum absolute atomic E-state index is 12.8. The molecule has 0 bridgehead atoms. The Morgan fingerprint density at radius 2 is 1.74 bits per heavy atom. The quantitative estimate of drug-likeness (QED) is 0.796. The normalized spacial score (nSPS) is 11.3. The molecule has 0 amide bonds. The lowest BCUT2D eigenvalue weighted by molar-refractivity contribution is 0.317. The molecule has 3 rings (SSSR count). The van der Waals surface area contributed by atoms with Gasteiger partial charge in [-0.25, -0.2) is 0 Å². The summed E-state index contributed by atoms with van der Waals surface area (Å²) in [5.74, 6) is 0. The van der Waals surface area contributed by atoms with E-state index in [2.05, 4.69) is 22.0 Å². The third-order valence-corrected chi connectivity index (χ3v) is 4.19. The minimum absolute atomic E-state index is 0.139. The van der Waals surface area contributed by atoms with E-state index < -0.39 is 0 Å². The Balaban J connectivity index is 1.92. The van der Waals surface area contributed by atoms with Crippen LogP contribution in [0.1, 0.15) is 22.4 Å². The zero-order valence-corrected chi connectivity index (χ0v) is 13.9. The fourth-order valence-corrected chi connectivity index (χ4v) is 2.98. The molecule has 0 spiro atoms. The second-order valence-corrected chi connectivity index (χ2v) is 6.26. The SMILES string of the molecule is Cc1ccc2[nH]c(C)c(CN(C)Cc3ccccc3)c(=O)c2c1. The van der Waals surface area contributed by atoms with Crippen molar-refractivity contribution in [2.24, 2.45) is 0 Å². The van der Waals surface area contributed by atoms with Gasteiger partial charge < -0.3 is 4.98 Å². The highest BCUT2D eigenvalue weighted by Gasteiger charge is 2.12. The Morgan fingerprint density at radius 3 is 2.48 bits per heavy atom. The molecule has 0 saturated heterocycles. The van der Waals surface area contributed by atoms with E-state index >= 15 is 0 Å². The molecule has 3 aromatic rings. The van der Waals surface area contributed by atoms with E-state index in [1.807, 2.05) is 57.3 Å². The molecule has 0 atom stereocenters. The van der Waals surface area contributed by atoms with E-state index in [1.165, 1.54) is 5.56 Å². The van der Waals surface area contributed by atoms with E-state index in [1.54, 1.807) is 0 Å². The van der Waals surface area contributed by atoms with Crippen LogP contribution in [-0.2, 0) is 13.1 Å². The fourth-order valence-electron chi connectivity index (χ4n) is 2.98. The van der Waals surface area contributed by atoms with E-state index in [0.29, 0.717) is 6.54 Å². The van der Waals surface area contributed by atoms with Crippen LogP contribution in [-0.4, -0.2) is 16.9 Å². The van der Waals surface area contributed by atoms with Crippen LogP contribution in [0.4, 0.5) is 0 Å². The van der Waals surface area contributed by atoms with Crippen LogP contribution in [0, 0.1) is 13.8 Å². The highest BCUT2D eigenvalue weighted by Crippen LogP contribution is 2.15.